The largest absolute Gasteiger partial charge is 0.492 e. The van der Waals surface area contributed by atoms with Crippen LogP contribution in [0.4, 0.5) is 11.4 Å². The third kappa shape index (κ3) is 4.60. The van der Waals surface area contributed by atoms with Gasteiger partial charge in [0.25, 0.3) is 5.91 Å². The number of benzene rings is 2. The van der Waals surface area contributed by atoms with Gasteiger partial charge in [-0.1, -0.05) is 23.7 Å². The first kappa shape index (κ1) is 17.6. The Morgan fingerprint density at radius 1 is 1.21 bits per heavy atom. The zero-order valence-electron chi connectivity index (χ0n) is 12.8. The van der Waals surface area contributed by atoms with Crippen molar-refractivity contribution >= 4 is 28.9 Å². The van der Waals surface area contributed by atoms with Gasteiger partial charge in [0.05, 0.1) is 17.2 Å². The number of anilines is 1. The summed E-state index contributed by atoms with van der Waals surface area (Å²) < 4.78 is 10.6. The molecule has 0 radical (unpaired) electrons. The summed E-state index contributed by atoms with van der Waals surface area (Å²) in [4.78, 5) is 22.4. The Balaban J connectivity index is 2.04. The van der Waals surface area contributed by atoms with Crippen LogP contribution >= 0.6 is 11.6 Å². The van der Waals surface area contributed by atoms with Crippen LogP contribution in [0.5, 0.6) is 11.5 Å². The van der Waals surface area contributed by atoms with E-state index < -0.39 is 10.8 Å². The van der Waals surface area contributed by atoms with Crippen LogP contribution in [-0.4, -0.2) is 24.0 Å². The quantitative estimate of drug-likeness (QED) is 0.607. The minimum Gasteiger partial charge on any atom is -0.492 e. The van der Waals surface area contributed by atoms with Gasteiger partial charge in [0.1, 0.15) is 5.75 Å². The van der Waals surface area contributed by atoms with Crippen molar-refractivity contribution in [1.82, 2.24) is 0 Å². The highest BCUT2D eigenvalue weighted by Gasteiger charge is 2.15. The van der Waals surface area contributed by atoms with Crippen LogP contribution in [0, 0.1) is 10.1 Å². The van der Waals surface area contributed by atoms with E-state index >= 15 is 0 Å². The number of para-hydroxylation sites is 2. The normalized spacial score (nSPS) is 10.1. The van der Waals surface area contributed by atoms with E-state index in [0.717, 1.165) is 0 Å². The molecule has 2 aromatic rings. The zero-order valence-corrected chi connectivity index (χ0v) is 13.6. The number of hydrogen-bond donors (Lipinski definition) is 1. The number of carbonyl (C=O) groups is 1. The second-order valence-electron chi connectivity index (χ2n) is 4.64. The molecule has 0 aliphatic heterocycles. The molecule has 0 unspecified atom stereocenters. The average Bonchev–Trinajstić information content (AvgIpc) is 2.56. The summed E-state index contributed by atoms with van der Waals surface area (Å²) in [7, 11) is 0. The van der Waals surface area contributed by atoms with Crippen molar-refractivity contribution in [1.29, 1.82) is 0 Å². The second kappa shape index (κ2) is 8.16. The van der Waals surface area contributed by atoms with E-state index in [0.29, 0.717) is 23.1 Å². The molecule has 1 amide bonds. The third-order valence-corrected chi connectivity index (χ3v) is 3.17. The summed E-state index contributed by atoms with van der Waals surface area (Å²) in [5, 5.41) is 14.0. The number of nitrogens with one attached hydrogen (secondary N) is 1. The van der Waals surface area contributed by atoms with E-state index in [1.165, 1.54) is 18.2 Å². The maximum atomic E-state index is 12.0. The molecular formula is C16H15ClN2O5. The lowest BCUT2D eigenvalue weighted by Gasteiger charge is -2.12. The number of ether oxygens (including phenoxy) is 2. The van der Waals surface area contributed by atoms with E-state index in [1.54, 1.807) is 24.3 Å². The number of rotatable bonds is 7. The molecule has 0 heterocycles. The molecule has 0 spiro atoms. The molecule has 0 saturated carbocycles. The fourth-order valence-electron chi connectivity index (χ4n) is 1.94. The van der Waals surface area contributed by atoms with Crippen LogP contribution < -0.4 is 14.8 Å². The molecule has 126 valence electrons. The predicted molar refractivity (Wildman–Crippen MR) is 89.8 cm³/mol. The molecule has 24 heavy (non-hydrogen) atoms. The molecule has 1 N–H and O–H groups in total. The Labute approximate surface area is 143 Å². The Kier molecular flexibility index (Phi) is 5.97. The molecule has 2 rings (SSSR count). The van der Waals surface area contributed by atoms with Crippen molar-refractivity contribution in [2.75, 3.05) is 18.5 Å². The van der Waals surface area contributed by atoms with Crippen molar-refractivity contribution in [2.45, 2.75) is 6.92 Å². The Hall–Kier alpha value is -2.80. The van der Waals surface area contributed by atoms with Crippen molar-refractivity contribution in [3.8, 4) is 11.5 Å². The van der Waals surface area contributed by atoms with E-state index in [1.807, 2.05) is 6.92 Å². The first-order valence-corrected chi connectivity index (χ1v) is 7.47. The molecule has 0 aliphatic rings. The third-order valence-electron chi connectivity index (χ3n) is 2.94. The summed E-state index contributed by atoms with van der Waals surface area (Å²) in [6, 6.07) is 10.7. The van der Waals surface area contributed by atoms with Gasteiger partial charge >= 0.3 is 5.69 Å². The maximum absolute atomic E-state index is 12.0. The van der Waals surface area contributed by atoms with Gasteiger partial charge in [0.15, 0.2) is 12.4 Å². The standard InChI is InChI=1S/C16H15ClN2O5/c1-2-23-14-8-7-11(17)9-12(14)18-16(20)10-24-15-6-4-3-5-13(15)19(21)22/h3-9H,2,10H2,1H3,(H,18,20). The number of halogens is 1. The van der Waals surface area contributed by atoms with Gasteiger partial charge in [-0.15, -0.1) is 0 Å². The summed E-state index contributed by atoms with van der Waals surface area (Å²) in [6.07, 6.45) is 0. The summed E-state index contributed by atoms with van der Waals surface area (Å²) in [5.41, 5.74) is 0.198. The molecule has 0 atom stereocenters. The highest BCUT2D eigenvalue weighted by atomic mass is 35.5. The van der Waals surface area contributed by atoms with Crippen molar-refractivity contribution in [3.63, 3.8) is 0 Å². The smallest absolute Gasteiger partial charge is 0.310 e. The van der Waals surface area contributed by atoms with Crippen LogP contribution in [0.1, 0.15) is 6.92 Å². The van der Waals surface area contributed by atoms with Crippen molar-refractivity contribution in [2.24, 2.45) is 0 Å². The molecule has 8 heteroatoms. The number of carbonyl (C=O) groups excluding carboxylic acids is 1. The monoisotopic (exact) mass is 350 g/mol. The van der Waals surface area contributed by atoms with E-state index in [4.69, 9.17) is 21.1 Å². The molecule has 7 nitrogen and oxygen atoms in total. The number of nitrogens with zero attached hydrogens (tertiary/aromatic N) is 1. The maximum Gasteiger partial charge on any atom is 0.310 e. The Bertz CT molecular complexity index is 751. The lowest BCUT2D eigenvalue weighted by Crippen LogP contribution is -2.21. The number of hydrogen-bond acceptors (Lipinski definition) is 5. The summed E-state index contributed by atoms with van der Waals surface area (Å²) >= 11 is 5.92. The number of nitro groups is 1. The first-order chi connectivity index (χ1) is 11.5. The number of nitro benzene ring substituents is 1. The van der Waals surface area contributed by atoms with Crippen molar-refractivity contribution in [3.05, 3.63) is 57.6 Å². The van der Waals surface area contributed by atoms with Gasteiger partial charge in [0, 0.05) is 11.1 Å². The summed E-state index contributed by atoms with van der Waals surface area (Å²) in [6.45, 7) is 1.86. The van der Waals surface area contributed by atoms with Gasteiger partial charge in [-0.25, -0.2) is 0 Å². The van der Waals surface area contributed by atoms with Gasteiger partial charge < -0.3 is 14.8 Å². The molecule has 0 fully saturated rings. The Morgan fingerprint density at radius 3 is 2.67 bits per heavy atom. The molecular weight excluding hydrogens is 336 g/mol. The van der Waals surface area contributed by atoms with Gasteiger partial charge in [-0.3, -0.25) is 14.9 Å². The van der Waals surface area contributed by atoms with Gasteiger partial charge in [-0.2, -0.15) is 0 Å². The second-order valence-corrected chi connectivity index (χ2v) is 5.07. The van der Waals surface area contributed by atoms with Gasteiger partial charge in [-0.05, 0) is 31.2 Å². The van der Waals surface area contributed by atoms with E-state index in [-0.39, 0.29) is 18.0 Å². The van der Waals surface area contributed by atoms with E-state index in [2.05, 4.69) is 5.32 Å². The van der Waals surface area contributed by atoms with Crippen LogP contribution in [0.2, 0.25) is 5.02 Å². The minimum absolute atomic E-state index is 0.0220. The average molecular weight is 351 g/mol. The molecule has 0 bridgehead atoms. The highest BCUT2D eigenvalue weighted by molar-refractivity contribution is 6.31. The van der Waals surface area contributed by atoms with Crippen LogP contribution in [-0.2, 0) is 4.79 Å². The topological polar surface area (TPSA) is 90.7 Å². The SMILES string of the molecule is CCOc1ccc(Cl)cc1NC(=O)COc1ccccc1[N+](=O)[O-]. The molecule has 0 saturated heterocycles. The van der Waals surface area contributed by atoms with E-state index in [9.17, 15) is 14.9 Å². The van der Waals surface area contributed by atoms with Crippen LogP contribution in [0.15, 0.2) is 42.5 Å². The number of amides is 1. The molecule has 2 aromatic carbocycles. The fourth-order valence-corrected chi connectivity index (χ4v) is 2.11. The van der Waals surface area contributed by atoms with Crippen LogP contribution in [0.3, 0.4) is 0 Å². The Morgan fingerprint density at radius 2 is 1.96 bits per heavy atom. The first-order valence-electron chi connectivity index (χ1n) is 7.09. The fraction of sp³-hybridized carbons (Fsp3) is 0.188. The summed E-state index contributed by atoms with van der Waals surface area (Å²) in [5.74, 6) is 0.00564. The molecule has 0 aliphatic carbocycles. The highest BCUT2D eigenvalue weighted by Crippen LogP contribution is 2.28. The molecule has 0 aromatic heterocycles. The van der Waals surface area contributed by atoms with Gasteiger partial charge in [0.2, 0.25) is 0 Å². The lowest BCUT2D eigenvalue weighted by atomic mass is 10.3. The van der Waals surface area contributed by atoms with Crippen LogP contribution in [0.25, 0.3) is 0 Å². The van der Waals surface area contributed by atoms with Crippen molar-refractivity contribution < 1.29 is 19.2 Å². The predicted octanol–water partition coefficient (Wildman–Crippen LogP) is 3.66. The zero-order chi connectivity index (χ0) is 17.5. The lowest BCUT2D eigenvalue weighted by molar-refractivity contribution is -0.385. The minimum atomic E-state index is -0.572.